The molecule has 1 atom stereocenters. The lowest BCUT2D eigenvalue weighted by Gasteiger charge is -2.10. The maximum atomic E-state index is 11.5. The Morgan fingerprint density at radius 3 is 2.77 bits per heavy atom. The van der Waals surface area contributed by atoms with Crippen LogP contribution in [0.3, 0.4) is 0 Å². The number of hydrogen-bond acceptors (Lipinski definition) is 5. The minimum atomic E-state index is -0.563. The van der Waals surface area contributed by atoms with Crippen molar-refractivity contribution in [2.24, 2.45) is 0 Å². The van der Waals surface area contributed by atoms with E-state index in [4.69, 9.17) is 13.6 Å². The Bertz CT molecular complexity index is 983. The van der Waals surface area contributed by atoms with Crippen molar-refractivity contribution in [1.82, 2.24) is 0 Å². The average molecular weight is 408 g/mol. The smallest absolute Gasteiger partial charge is 0.338 e. The van der Waals surface area contributed by atoms with Gasteiger partial charge in [-0.15, -0.1) is 0 Å². The van der Waals surface area contributed by atoms with Crippen LogP contribution in [0.25, 0.3) is 0 Å². The molecule has 0 aromatic carbocycles. The van der Waals surface area contributed by atoms with Crippen LogP contribution in [0, 0.1) is 0 Å². The van der Waals surface area contributed by atoms with Crippen LogP contribution >= 0.6 is 0 Å². The molecule has 5 nitrogen and oxygen atoms in total. The van der Waals surface area contributed by atoms with E-state index in [2.05, 4.69) is 19.1 Å². The Morgan fingerprint density at radius 2 is 2.07 bits per heavy atom. The summed E-state index contributed by atoms with van der Waals surface area (Å²) in [6, 6.07) is 4.04. The van der Waals surface area contributed by atoms with Gasteiger partial charge in [-0.2, -0.15) is 0 Å². The summed E-state index contributed by atoms with van der Waals surface area (Å²) < 4.78 is 15.9. The number of aliphatic hydroxyl groups excluding tert-OH is 1. The molecule has 3 heterocycles. The minimum Gasteiger partial charge on any atom is -0.508 e. The van der Waals surface area contributed by atoms with E-state index < -0.39 is 12.1 Å². The summed E-state index contributed by atoms with van der Waals surface area (Å²) in [6.07, 6.45) is 15.9. The molecule has 1 aliphatic heterocycles. The van der Waals surface area contributed by atoms with Crippen molar-refractivity contribution < 1.29 is 23.5 Å². The van der Waals surface area contributed by atoms with Gasteiger partial charge in [0.2, 0.25) is 0 Å². The number of allylic oxidation sites excluding steroid dienone is 5. The maximum absolute atomic E-state index is 11.5. The first-order valence-electron chi connectivity index (χ1n) is 10.1. The number of carbonyl (C=O) groups excluding carboxylic acids is 1. The number of hydrogen-bond donors (Lipinski definition) is 1. The minimum absolute atomic E-state index is 0.0416. The second-order valence-electron chi connectivity index (χ2n) is 7.70. The molecule has 0 spiro atoms. The highest BCUT2D eigenvalue weighted by Gasteiger charge is 2.31. The fraction of sp³-hybridized carbons (Fsp3) is 0.320. The number of carbonyl (C=O) groups is 1. The van der Waals surface area contributed by atoms with Gasteiger partial charge in [-0.3, -0.25) is 0 Å². The van der Waals surface area contributed by atoms with Gasteiger partial charge in [0.05, 0.1) is 24.4 Å². The Kier molecular flexibility index (Phi) is 7.17. The molecule has 3 rings (SSSR count). The lowest BCUT2D eigenvalue weighted by molar-refractivity contribution is -0.140. The van der Waals surface area contributed by atoms with Crippen LogP contribution in [-0.4, -0.2) is 17.2 Å². The molecule has 0 bridgehead atoms. The van der Waals surface area contributed by atoms with E-state index in [0.29, 0.717) is 12.0 Å². The summed E-state index contributed by atoms with van der Waals surface area (Å²) in [5, 5.41) is 9.92. The standard InChI is InChI=1S/C25H28O5/c1-17(6-4-8-18(2)12-23-24(26)19(3)25(27)30-23)7-5-9-20-13-22(29-16-20)14-21-10-11-28-15-21/h4,6-8,10-11,13,15-16,23,26H,5,9,12,14H2,1-3H3. The van der Waals surface area contributed by atoms with Crippen LogP contribution in [-0.2, 0) is 22.4 Å². The van der Waals surface area contributed by atoms with Gasteiger partial charge in [0.25, 0.3) is 0 Å². The van der Waals surface area contributed by atoms with Gasteiger partial charge < -0.3 is 18.7 Å². The molecule has 1 N–H and O–H groups in total. The van der Waals surface area contributed by atoms with Crippen LogP contribution in [0.2, 0.25) is 0 Å². The molecule has 0 fully saturated rings. The zero-order chi connectivity index (χ0) is 21.5. The predicted octanol–water partition coefficient (Wildman–Crippen LogP) is 5.99. The van der Waals surface area contributed by atoms with E-state index >= 15 is 0 Å². The van der Waals surface area contributed by atoms with E-state index in [-0.39, 0.29) is 5.76 Å². The number of ether oxygens (including phenoxy) is 1. The first-order valence-corrected chi connectivity index (χ1v) is 10.1. The summed E-state index contributed by atoms with van der Waals surface area (Å²) in [7, 11) is 0. The molecule has 0 amide bonds. The number of furan rings is 2. The van der Waals surface area contributed by atoms with E-state index in [1.807, 2.05) is 37.5 Å². The fourth-order valence-corrected chi connectivity index (χ4v) is 3.26. The Balaban J connectivity index is 1.43. The molecular weight excluding hydrogens is 380 g/mol. The van der Waals surface area contributed by atoms with Crippen molar-refractivity contribution in [1.29, 1.82) is 0 Å². The average Bonchev–Trinajstić information content (AvgIpc) is 3.43. The van der Waals surface area contributed by atoms with E-state index in [0.717, 1.165) is 36.2 Å². The van der Waals surface area contributed by atoms with Crippen molar-refractivity contribution in [3.63, 3.8) is 0 Å². The Hall–Kier alpha value is -3.21. The largest absolute Gasteiger partial charge is 0.508 e. The number of rotatable bonds is 9. The lowest BCUT2D eigenvalue weighted by Crippen LogP contribution is -2.11. The quantitative estimate of drug-likeness (QED) is 0.407. The molecule has 30 heavy (non-hydrogen) atoms. The van der Waals surface area contributed by atoms with Gasteiger partial charge in [0, 0.05) is 12.8 Å². The monoisotopic (exact) mass is 408 g/mol. The summed E-state index contributed by atoms with van der Waals surface area (Å²) in [4.78, 5) is 11.5. The zero-order valence-corrected chi connectivity index (χ0v) is 17.7. The first-order chi connectivity index (χ1) is 14.4. The summed E-state index contributed by atoms with van der Waals surface area (Å²) in [6.45, 7) is 5.60. The third-order valence-electron chi connectivity index (χ3n) is 5.06. The molecule has 2 aromatic rings. The van der Waals surface area contributed by atoms with Gasteiger partial charge in [-0.05, 0) is 56.9 Å². The highest BCUT2D eigenvalue weighted by atomic mass is 16.6. The second-order valence-corrected chi connectivity index (χ2v) is 7.70. The van der Waals surface area contributed by atoms with Gasteiger partial charge in [0.15, 0.2) is 6.10 Å². The summed E-state index contributed by atoms with van der Waals surface area (Å²) in [5.74, 6) is 0.544. The third kappa shape index (κ3) is 5.89. The Labute approximate surface area is 177 Å². The maximum Gasteiger partial charge on any atom is 0.338 e. The first kappa shape index (κ1) is 21.5. The van der Waals surface area contributed by atoms with Crippen LogP contribution in [0.4, 0.5) is 0 Å². The van der Waals surface area contributed by atoms with Crippen molar-refractivity contribution in [2.45, 2.75) is 52.6 Å². The number of aryl methyl sites for hydroxylation is 1. The number of cyclic esters (lactones) is 1. The molecular formula is C25H28O5. The fourth-order valence-electron chi connectivity index (χ4n) is 3.26. The Morgan fingerprint density at radius 1 is 1.23 bits per heavy atom. The van der Waals surface area contributed by atoms with Gasteiger partial charge >= 0.3 is 5.97 Å². The van der Waals surface area contributed by atoms with E-state index in [1.54, 1.807) is 19.5 Å². The highest BCUT2D eigenvalue weighted by Crippen LogP contribution is 2.25. The van der Waals surface area contributed by atoms with Crippen molar-refractivity contribution in [3.05, 3.63) is 94.6 Å². The SMILES string of the molecule is CC(C=CC=C(C)CC1OC(=O)C(C)=C1O)=CCCc1coc(Cc2ccoc2)c1. The highest BCUT2D eigenvalue weighted by molar-refractivity contribution is 5.91. The van der Waals surface area contributed by atoms with Crippen molar-refractivity contribution >= 4 is 5.97 Å². The van der Waals surface area contributed by atoms with Crippen LogP contribution in [0.5, 0.6) is 0 Å². The molecule has 0 aliphatic carbocycles. The topological polar surface area (TPSA) is 72.8 Å². The lowest BCUT2D eigenvalue weighted by atomic mass is 10.1. The molecule has 0 radical (unpaired) electrons. The zero-order valence-electron chi connectivity index (χ0n) is 17.7. The van der Waals surface area contributed by atoms with Crippen LogP contribution < -0.4 is 0 Å². The van der Waals surface area contributed by atoms with Gasteiger partial charge in [-0.25, -0.2) is 4.79 Å². The summed E-state index contributed by atoms with van der Waals surface area (Å²) in [5.41, 5.74) is 4.79. The van der Waals surface area contributed by atoms with Gasteiger partial charge in [-0.1, -0.05) is 35.5 Å². The summed E-state index contributed by atoms with van der Waals surface area (Å²) >= 11 is 0. The molecule has 1 unspecified atom stereocenters. The van der Waals surface area contributed by atoms with Crippen LogP contribution in [0.1, 0.15) is 50.5 Å². The van der Waals surface area contributed by atoms with E-state index in [9.17, 15) is 9.90 Å². The van der Waals surface area contributed by atoms with Crippen molar-refractivity contribution in [2.75, 3.05) is 0 Å². The molecule has 158 valence electrons. The molecule has 0 saturated heterocycles. The van der Waals surface area contributed by atoms with E-state index in [1.165, 1.54) is 11.1 Å². The number of esters is 1. The molecule has 0 saturated carbocycles. The predicted molar refractivity (Wildman–Crippen MR) is 115 cm³/mol. The molecule has 2 aromatic heterocycles. The molecule has 1 aliphatic rings. The number of aliphatic hydroxyl groups is 1. The van der Waals surface area contributed by atoms with Gasteiger partial charge in [0.1, 0.15) is 11.5 Å². The van der Waals surface area contributed by atoms with Crippen molar-refractivity contribution in [3.8, 4) is 0 Å². The van der Waals surface area contributed by atoms with Crippen LogP contribution in [0.15, 0.2) is 86.5 Å². The molecule has 5 heteroatoms. The normalized spacial score (nSPS) is 18.0. The third-order valence-corrected chi connectivity index (χ3v) is 5.06. The second kappa shape index (κ2) is 10.0.